The van der Waals surface area contributed by atoms with Gasteiger partial charge in [0.05, 0.1) is 20.3 Å². The normalized spacial score (nSPS) is 11.7. The van der Waals surface area contributed by atoms with Gasteiger partial charge >= 0.3 is 0 Å². The summed E-state index contributed by atoms with van der Waals surface area (Å²) in [7, 11) is 3.25. The number of nitrogens with zero attached hydrogens (tertiary/aromatic N) is 2. The summed E-state index contributed by atoms with van der Waals surface area (Å²) in [5.41, 5.74) is 1.07. The summed E-state index contributed by atoms with van der Waals surface area (Å²) in [5, 5.41) is 3.23. The number of hydrogen-bond donors (Lipinski definition) is 1. The maximum Gasteiger partial charge on any atom is 0.223 e. The first-order chi connectivity index (χ1) is 9.24. The first-order valence-electron chi connectivity index (χ1n) is 6.00. The largest absolute Gasteiger partial charge is 0.493 e. The smallest absolute Gasteiger partial charge is 0.223 e. The molecule has 2 aromatic rings. The molecule has 0 spiro atoms. The molecule has 0 unspecified atom stereocenters. The summed E-state index contributed by atoms with van der Waals surface area (Å²) in [6.45, 7) is 2.04. The van der Waals surface area contributed by atoms with Crippen LogP contribution in [0, 0.1) is 0 Å². The van der Waals surface area contributed by atoms with E-state index in [-0.39, 0.29) is 6.04 Å². The molecule has 19 heavy (non-hydrogen) atoms. The van der Waals surface area contributed by atoms with Crippen molar-refractivity contribution in [1.82, 2.24) is 9.97 Å². The number of ether oxygens (including phenoxy) is 2. The van der Waals surface area contributed by atoms with E-state index in [2.05, 4.69) is 15.3 Å². The van der Waals surface area contributed by atoms with Crippen molar-refractivity contribution in [2.75, 3.05) is 19.5 Å². The molecule has 1 aromatic heterocycles. The van der Waals surface area contributed by atoms with Crippen molar-refractivity contribution in [2.24, 2.45) is 0 Å². The quantitative estimate of drug-likeness (QED) is 0.894. The van der Waals surface area contributed by atoms with Crippen LogP contribution in [-0.2, 0) is 0 Å². The SMILES string of the molecule is COc1ccc([C@@H](C)Nc2ncccn2)cc1OC. The van der Waals surface area contributed by atoms with Gasteiger partial charge in [0.1, 0.15) is 0 Å². The number of benzene rings is 1. The molecule has 0 aliphatic heterocycles. The Morgan fingerprint density at radius 3 is 2.37 bits per heavy atom. The van der Waals surface area contributed by atoms with Crippen LogP contribution in [0.5, 0.6) is 11.5 Å². The second-order valence-corrected chi connectivity index (χ2v) is 4.05. The van der Waals surface area contributed by atoms with E-state index in [0.29, 0.717) is 11.7 Å². The Hall–Kier alpha value is -2.30. The average Bonchev–Trinajstić information content (AvgIpc) is 2.47. The first-order valence-corrected chi connectivity index (χ1v) is 6.00. The van der Waals surface area contributed by atoms with Crippen LogP contribution in [0.2, 0.25) is 0 Å². The number of aromatic nitrogens is 2. The van der Waals surface area contributed by atoms with E-state index < -0.39 is 0 Å². The predicted molar refractivity (Wildman–Crippen MR) is 73.6 cm³/mol. The third-order valence-corrected chi connectivity index (χ3v) is 2.82. The average molecular weight is 259 g/mol. The number of anilines is 1. The molecule has 0 aliphatic carbocycles. The fourth-order valence-electron chi connectivity index (χ4n) is 1.77. The zero-order valence-corrected chi connectivity index (χ0v) is 11.3. The van der Waals surface area contributed by atoms with Gasteiger partial charge in [0.25, 0.3) is 0 Å². The summed E-state index contributed by atoms with van der Waals surface area (Å²) < 4.78 is 10.5. The Morgan fingerprint density at radius 1 is 1.05 bits per heavy atom. The molecule has 1 heterocycles. The fourth-order valence-corrected chi connectivity index (χ4v) is 1.77. The highest BCUT2D eigenvalue weighted by Gasteiger charge is 2.10. The zero-order chi connectivity index (χ0) is 13.7. The zero-order valence-electron chi connectivity index (χ0n) is 11.3. The van der Waals surface area contributed by atoms with Crippen molar-refractivity contribution in [1.29, 1.82) is 0 Å². The molecule has 0 amide bonds. The second-order valence-electron chi connectivity index (χ2n) is 4.05. The van der Waals surface area contributed by atoms with Crippen molar-refractivity contribution in [3.63, 3.8) is 0 Å². The lowest BCUT2D eigenvalue weighted by atomic mass is 10.1. The van der Waals surface area contributed by atoms with Gasteiger partial charge in [0.15, 0.2) is 11.5 Å². The lowest BCUT2D eigenvalue weighted by Crippen LogP contribution is -2.09. The van der Waals surface area contributed by atoms with Gasteiger partial charge in [-0.3, -0.25) is 0 Å². The second kappa shape index (κ2) is 6.04. The molecule has 0 saturated heterocycles. The third kappa shape index (κ3) is 3.13. The van der Waals surface area contributed by atoms with E-state index in [1.165, 1.54) is 0 Å². The molecule has 0 saturated carbocycles. The van der Waals surface area contributed by atoms with Gasteiger partial charge in [-0.2, -0.15) is 0 Å². The Labute approximate surface area is 112 Å². The van der Waals surface area contributed by atoms with E-state index in [1.54, 1.807) is 32.7 Å². The van der Waals surface area contributed by atoms with Gasteiger partial charge in [-0.05, 0) is 30.7 Å². The Bertz CT molecular complexity index is 531. The minimum absolute atomic E-state index is 0.0715. The minimum atomic E-state index is 0.0715. The molecule has 100 valence electrons. The van der Waals surface area contributed by atoms with Crippen LogP contribution >= 0.6 is 0 Å². The van der Waals surface area contributed by atoms with Gasteiger partial charge < -0.3 is 14.8 Å². The Kier molecular flexibility index (Phi) is 4.18. The fraction of sp³-hybridized carbons (Fsp3) is 0.286. The minimum Gasteiger partial charge on any atom is -0.493 e. The van der Waals surface area contributed by atoms with Gasteiger partial charge in [-0.25, -0.2) is 9.97 Å². The number of methoxy groups -OCH3 is 2. The van der Waals surface area contributed by atoms with Crippen LogP contribution in [0.1, 0.15) is 18.5 Å². The van der Waals surface area contributed by atoms with Crippen LogP contribution < -0.4 is 14.8 Å². The topological polar surface area (TPSA) is 56.3 Å². The van der Waals surface area contributed by atoms with Gasteiger partial charge in [-0.1, -0.05) is 6.07 Å². The van der Waals surface area contributed by atoms with Crippen molar-refractivity contribution < 1.29 is 9.47 Å². The summed E-state index contributed by atoms with van der Waals surface area (Å²) in [4.78, 5) is 8.28. The molecule has 0 fully saturated rings. The summed E-state index contributed by atoms with van der Waals surface area (Å²) >= 11 is 0. The van der Waals surface area contributed by atoms with Crippen molar-refractivity contribution in [2.45, 2.75) is 13.0 Å². The van der Waals surface area contributed by atoms with E-state index in [4.69, 9.17) is 9.47 Å². The summed E-state index contributed by atoms with van der Waals surface area (Å²) in [5.74, 6) is 2.03. The van der Waals surface area contributed by atoms with Crippen LogP contribution in [0.4, 0.5) is 5.95 Å². The molecular formula is C14H17N3O2. The molecular weight excluding hydrogens is 242 g/mol. The molecule has 1 N–H and O–H groups in total. The Morgan fingerprint density at radius 2 is 1.74 bits per heavy atom. The van der Waals surface area contributed by atoms with E-state index in [0.717, 1.165) is 11.3 Å². The van der Waals surface area contributed by atoms with Gasteiger partial charge in [0.2, 0.25) is 5.95 Å². The van der Waals surface area contributed by atoms with Gasteiger partial charge in [0, 0.05) is 12.4 Å². The molecule has 2 rings (SSSR count). The standard InChI is InChI=1S/C14H17N3O2/c1-10(17-14-15-7-4-8-16-14)11-5-6-12(18-2)13(9-11)19-3/h4-10H,1-3H3,(H,15,16,17)/t10-/m1/s1. The van der Waals surface area contributed by atoms with E-state index >= 15 is 0 Å². The Balaban J connectivity index is 2.17. The van der Waals surface area contributed by atoms with Crippen molar-refractivity contribution >= 4 is 5.95 Å². The number of rotatable bonds is 5. The monoisotopic (exact) mass is 259 g/mol. The number of hydrogen-bond acceptors (Lipinski definition) is 5. The highest BCUT2D eigenvalue weighted by molar-refractivity contribution is 5.45. The lowest BCUT2D eigenvalue weighted by molar-refractivity contribution is 0.354. The molecule has 1 atom stereocenters. The molecule has 5 heteroatoms. The lowest BCUT2D eigenvalue weighted by Gasteiger charge is -2.16. The third-order valence-electron chi connectivity index (χ3n) is 2.82. The molecule has 0 bridgehead atoms. The summed E-state index contributed by atoms with van der Waals surface area (Å²) in [6.07, 6.45) is 3.41. The summed E-state index contributed by atoms with van der Waals surface area (Å²) in [6, 6.07) is 7.67. The van der Waals surface area contributed by atoms with Gasteiger partial charge in [-0.15, -0.1) is 0 Å². The molecule has 5 nitrogen and oxygen atoms in total. The maximum atomic E-state index is 5.29. The maximum absolute atomic E-state index is 5.29. The number of nitrogens with one attached hydrogen (secondary N) is 1. The highest BCUT2D eigenvalue weighted by atomic mass is 16.5. The van der Waals surface area contributed by atoms with Crippen LogP contribution in [0.15, 0.2) is 36.7 Å². The van der Waals surface area contributed by atoms with E-state index in [9.17, 15) is 0 Å². The molecule has 0 aliphatic rings. The van der Waals surface area contributed by atoms with E-state index in [1.807, 2.05) is 25.1 Å². The van der Waals surface area contributed by atoms with Crippen molar-refractivity contribution in [3.8, 4) is 11.5 Å². The molecule has 0 radical (unpaired) electrons. The first kappa shape index (κ1) is 13.1. The van der Waals surface area contributed by atoms with Crippen molar-refractivity contribution in [3.05, 3.63) is 42.2 Å². The molecule has 1 aromatic carbocycles. The van der Waals surface area contributed by atoms with Crippen LogP contribution in [-0.4, -0.2) is 24.2 Å². The van der Waals surface area contributed by atoms with Crippen LogP contribution in [0.25, 0.3) is 0 Å². The predicted octanol–water partition coefficient (Wildman–Crippen LogP) is 2.67. The highest BCUT2D eigenvalue weighted by Crippen LogP contribution is 2.30. The van der Waals surface area contributed by atoms with Crippen LogP contribution in [0.3, 0.4) is 0 Å².